The van der Waals surface area contributed by atoms with Gasteiger partial charge in [0.25, 0.3) is 11.8 Å². The van der Waals surface area contributed by atoms with E-state index < -0.39 is 5.82 Å². The number of benzene rings is 1. The average Bonchev–Trinajstić information content (AvgIpc) is 3.02. The quantitative estimate of drug-likeness (QED) is 0.746. The molecule has 0 saturated carbocycles. The molecule has 1 aliphatic heterocycles. The number of halogens is 1. The number of aromatic amines is 1. The van der Waals surface area contributed by atoms with Crippen LogP contribution in [-0.2, 0) is 4.79 Å². The lowest BCUT2D eigenvalue weighted by molar-refractivity contribution is -0.110. The highest BCUT2D eigenvalue weighted by Gasteiger charge is 2.26. The molecule has 25 heavy (non-hydrogen) atoms. The molecule has 130 valence electrons. The van der Waals surface area contributed by atoms with Crippen LogP contribution in [0.4, 0.5) is 10.1 Å². The number of carbonyl (C=O) groups is 2. The van der Waals surface area contributed by atoms with Gasteiger partial charge in [0.1, 0.15) is 5.82 Å². The van der Waals surface area contributed by atoms with E-state index in [1.165, 1.54) is 12.1 Å². The van der Waals surface area contributed by atoms with Crippen molar-refractivity contribution in [2.75, 3.05) is 11.9 Å². The van der Waals surface area contributed by atoms with Crippen molar-refractivity contribution in [3.63, 3.8) is 0 Å². The molecule has 2 heterocycles. The van der Waals surface area contributed by atoms with Crippen LogP contribution in [0.2, 0.25) is 0 Å². The molecule has 0 atom stereocenters. The lowest BCUT2D eigenvalue weighted by Crippen LogP contribution is -2.24. The van der Waals surface area contributed by atoms with Gasteiger partial charge in [-0.1, -0.05) is 6.92 Å². The fourth-order valence-electron chi connectivity index (χ4n) is 3.03. The molecule has 2 amide bonds. The Kier molecular flexibility index (Phi) is 4.44. The van der Waals surface area contributed by atoms with Crippen molar-refractivity contribution in [2.45, 2.75) is 27.2 Å². The normalized spacial score (nSPS) is 14.6. The molecule has 6 heteroatoms. The van der Waals surface area contributed by atoms with Crippen molar-refractivity contribution in [3.8, 4) is 0 Å². The second kappa shape index (κ2) is 6.55. The molecule has 3 rings (SSSR count). The maximum Gasteiger partial charge on any atom is 0.256 e. The molecule has 3 N–H and O–H groups in total. The number of aryl methyl sites for hydroxylation is 1. The molecule has 1 aliphatic rings. The zero-order valence-corrected chi connectivity index (χ0v) is 14.4. The van der Waals surface area contributed by atoms with Crippen molar-refractivity contribution in [1.29, 1.82) is 0 Å². The number of carbonyl (C=O) groups excluding carboxylic acids is 2. The van der Waals surface area contributed by atoms with Crippen LogP contribution >= 0.6 is 0 Å². The van der Waals surface area contributed by atoms with Gasteiger partial charge in [-0.3, -0.25) is 9.59 Å². The molecule has 0 unspecified atom stereocenters. The van der Waals surface area contributed by atoms with Crippen molar-refractivity contribution < 1.29 is 14.0 Å². The summed E-state index contributed by atoms with van der Waals surface area (Å²) in [6.07, 6.45) is 2.52. The molecule has 0 bridgehead atoms. The number of nitrogens with one attached hydrogen (secondary N) is 3. The second-order valence-electron chi connectivity index (χ2n) is 6.12. The monoisotopic (exact) mass is 341 g/mol. The van der Waals surface area contributed by atoms with Crippen molar-refractivity contribution >= 4 is 29.2 Å². The van der Waals surface area contributed by atoms with E-state index >= 15 is 0 Å². The molecule has 0 radical (unpaired) electrons. The highest BCUT2D eigenvalue weighted by molar-refractivity contribution is 6.34. The van der Waals surface area contributed by atoms with E-state index in [4.69, 9.17) is 0 Å². The molecule has 0 aliphatic carbocycles. The Morgan fingerprint density at radius 2 is 2.08 bits per heavy atom. The van der Waals surface area contributed by atoms with Gasteiger partial charge in [-0.2, -0.15) is 0 Å². The van der Waals surface area contributed by atoms with Crippen LogP contribution < -0.4 is 10.6 Å². The summed E-state index contributed by atoms with van der Waals surface area (Å²) in [5.74, 6) is -0.829. The number of hydrogen-bond donors (Lipinski definition) is 3. The summed E-state index contributed by atoms with van der Waals surface area (Å²) in [4.78, 5) is 27.7. The number of amides is 2. The SMILES string of the molecule is CCCNC(=O)c1c(C)[nH]c(/C=C2\C(=O)Nc3ccc(F)cc32)c1C. The summed E-state index contributed by atoms with van der Waals surface area (Å²) in [5.41, 5.74) is 4.22. The Balaban J connectivity index is 2.02. The average molecular weight is 341 g/mol. The predicted molar refractivity (Wildman–Crippen MR) is 95.8 cm³/mol. The summed E-state index contributed by atoms with van der Waals surface area (Å²) in [5, 5.41) is 5.58. The topological polar surface area (TPSA) is 74.0 Å². The van der Waals surface area contributed by atoms with Crippen LogP contribution in [0.1, 0.15) is 46.2 Å². The lowest BCUT2D eigenvalue weighted by atomic mass is 10.0. The molecule has 5 nitrogen and oxygen atoms in total. The third-order valence-electron chi connectivity index (χ3n) is 4.29. The third kappa shape index (κ3) is 3.07. The number of H-pyrrole nitrogens is 1. The Labute approximate surface area is 145 Å². The van der Waals surface area contributed by atoms with E-state index in [0.717, 1.165) is 17.7 Å². The van der Waals surface area contributed by atoms with E-state index in [1.807, 2.05) is 20.8 Å². The first-order chi connectivity index (χ1) is 11.9. The van der Waals surface area contributed by atoms with Crippen LogP contribution in [0, 0.1) is 19.7 Å². The molecule has 0 spiro atoms. The van der Waals surface area contributed by atoms with Crippen LogP contribution in [0.25, 0.3) is 11.6 Å². The largest absolute Gasteiger partial charge is 0.358 e. The summed E-state index contributed by atoms with van der Waals surface area (Å²) in [6, 6.07) is 4.18. The summed E-state index contributed by atoms with van der Waals surface area (Å²) in [6.45, 7) is 6.24. The summed E-state index contributed by atoms with van der Waals surface area (Å²) >= 11 is 0. The van der Waals surface area contributed by atoms with Crippen LogP contribution in [0.15, 0.2) is 18.2 Å². The van der Waals surface area contributed by atoms with Crippen LogP contribution in [0.3, 0.4) is 0 Å². The van der Waals surface area contributed by atoms with Gasteiger partial charge < -0.3 is 15.6 Å². The zero-order valence-electron chi connectivity index (χ0n) is 14.4. The maximum absolute atomic E-state index is 13.5. The third-order valence-corrected chi connectivity index (χ3v) is 4.29. The standard InChI is InChI=1S/C19H20FN3O2/c1-4-7-21-19(25)17-10(2)16(22-11(17)3)9-14-13-8-12(20)5-6-15(13)23-18(14)24/h5-6,8-9,22H,4,7H2,1-3H3,(H,21,25)(H,23,24)/b14-9-. The number of rotatable bonds is 4. The molecule has 0 saturated heterocycles. The van der Waals surface area contributed by atoms with Gasteiger partial charge in [0, 0.05) is 29.2 Å². The molecular formula is C19H20FN3O2. The first-order valence-corrected chi connectivity index (χ1v) is 8.22. The summed E-state index contributed by atoms with van der Waals surface area (Å²) < 4.78 is 13.5. The molecule has 2 aromatic rings. The van der Waals surface area contributed by atoms with Crippen LogP contribution in [-0.4, -0.2) is 23.3 Å². The van der Waals surface area contributed by atoms with Gasteiger partial charge in [0.15, 0.2) is 0 Å². The smallest absolute Gasteiger partial charge is 0.256 e. The van der Waals surface area contributed by atoms with Gasteiger partial charge in [-0.25, -0.2) is 4.39 Å². The van der Waals surface area contributed by atoms with E-state index in [0.29, 0.717) is 34.6 Å². The maximum atomic E-state index is 13.5. The Hall–Kier alpha value is -2.89. The summed E-state index contributed by atoms with van der Waals surface area (Å²) in [7, 11) is 0. The molecular weight excluding hydrogens is 321 g/mol. The number of fused-ring (bicyclic) bond motifs is 1. The van der Waals surface area contributed by atoms with Crippen LogP contribution in [0.5, 0.6) is 0 Å². The Bertz CT molecular complexity index is 896. The first kappa shape index (κ1) is 17.0. The highest BCUT2D eigenvalue weighted by atomic mass is 19.1. The fourth-order valence-corrected chi connectivity index (χ4v) is 3.03. The van der Waals surface area contributed by atoms with E-state index in [2.05, 4.69) is 15.6 Å². The Morgan fingerprint density at radius 3 is 2.80 bits per heavy atom. The first-order valence-electron chi connectivity index (χ1n) is 8.22. The Morgan fingerprint density at radius 1 is 1.32 bits per heavy atom. The lowest BCUT2D eigenvalue weighted by Gasteiger charge is -2.04. The van der Waals surface area contributed by atoms with Gasteiger partial charge >= 0.3 is 0 Å². The minimum atomic E-state index is -0.403. The van der Waals surface area contributed by atoms with Gasteiger partial charge in [0.2, 0.25) is 0 Å². The second-order valence-corrected chi connectivity index (χ2v) is 6.12. The van der Waals surface area contributed by atoms with E-state index in [9.17, 15) is 14.0 Å². The number of anilines is 1. The minimum absolute atomic E-state index is 0.139. The van der Waals surface area contributed by atoms with Gasteiger partial charge in [0.05, 0.1) is 11.1 Å². The number of hydrogen-bond acceptors (Lipinski definition) is 2. The molecule has 1 aromatic heterocycles. The van der Waals surface area contributed by atoms with E-state index in [1.54, 1.807) is 12.1 Å². The van der Waals surface area contributed by atoms with Crippen molar-refractivity contribution in [1.82, 2.24) is 10.3 Å². The fraction of sp³-hybridized carbons (Fsp3) is 0.263. The predicted octanol–water partition coefficient (Wildman–Crippen LogP) is 3.40. The molecule has 0 fully saturated rings. The number of aromatic nitrogens is 1. The van der Waals surface area contributed by atoms with Crippen molar-refractivity contribution in [3.05, 3.63) is 52.1 Å². The minimum Gasteiger partial charge on any atom is -0.358 e. The molecule has 1 aromatic carbocycles. The van der Waals surface area contributed by atoms with Gasteiger partial charge in [-0.15, -0.1) is 0 Å². The van der Waals surface area contributed by atoms with Gasteiger partial charge in [-0.05, 0) is 50.1 Å². The van der Waals surface area contributed by atoms with Crippen molar-refractivity contribution in [2.24, 2.45) is 0 Å². The zero-order chi connectivity index (χ0) is 18.1. The van der Waals surface area contributed by atoms with E-state index in [-0.39, 0.29) is 11.8 Å². The highest BCUT2D eigenvalue weighted by Crippen LogP contribution is 2.34.